The first-order chi connectivity index (χ1) is 9.54. The van der Waals surface area contributed by atoms with Crippen molar-refractivity contribution in [3.05, 3.63) is 28.5 Å². The van der Waals surface area contributed by atoms with Crippen molar-refractivity contribution in [2.75, 3.05) is 32.8 Å². The van der Waals surface area contributed by atoms with Gasteiger partial charge in [0, 0.05) is 36.9 Å². The van der Waals surface area contributed by atoms with Crippen LogP contribution < -0.4 is 5.32 Å². The number of carbonyl (C=O) groups is 1. The first kappa shape index (κ1) is 15.2. The summed E-state index contributed by atoms with van der Waals surface area (Å²) >= 11 is 5.87. The van der Waals surface area contributed by atoms with Crippen LogP contribution in [0.3, 0.4) is 0 Å². The van der Waals surface area contributed by atoms with Gasteiger partial charge in [0.15, 0.2) is 0 Å². The van der Waals surface area contributed by atoms with E-state index >= 15 is 0 Å². The molecule has 1 saturated heterocycles. The minimum Gasteiger partial charge on any atom is -0.379 e. The zero-order valence-electron chi connectivity index (χ0n) is 11.9. The Hall–Kier alpha value is -1.17. The third-order valence-electron chi connectivity index (χ3n) is 3.20. The van der Waals surface area contributed by atoms with Gasteiger partial charge in [-0.25, -0.2) is 4.98 Å². The molecule has 0 aliphatic carbocycles. The number of pyridine rings is 1. The van der Waals surface area contributed by atoms with Crippen molar-refractivity contribution in [1.29, 1.82) is 0 Å². The lowest BCUT2D eigenvalue weighted by atomic mass is 10.2. The summed E-state index contributed by atoms with van der Waals surface area (Å²) in [5.74, 6) is -0.113. The summed E-state index contributed by atoms with van der Waals surface area (Å²) in [6, 6.07) is 3.40. The number of nitrogens with one attached hydrogen (secondary N) is 1. The SMILES string of the molecule is Cc1cc(C(=O)NC(C)CN2CCOCC2)cc(Cl)n1. The molecule has 1 unspecified atom stereocenters. The molecule has 1 amide bonds. The zero-order valence-corrected chi connectivity index (χ0v) is 12.6. The second kappa shape index (κ2) is 7.02. The number of carbonyl (C=O) groups excluding carboxylic acids is 1. The van der Waals surface area contributed by atoms with Gasteiger partial charge in [0.25, 0.3) is 5.91 Å². The summed E-state index contributed by atoms with van der Waals surface area (Å²) in [5, 5.41) is 3.33. The number of ether oxygens (including phenoxy) is 1. The highest BCUT2D eigenvalue weighted by atomic mass is 35.5. The Morgan fingerprint density at radius 3 is 2.85 bits per heavy atom. The van der Waals surface area contributed by atoms with E-state index in [0.717, 1.165) is 38.5 Å². The van der Waals surface area contributed by atoms with E-state index in [1.165, 1.54) is 0 Å². The van der Waals surface area contributed by atoms with E-state index < -0.39 is 0 Å². The number of rotatable bonds is 4. The Bertz CT molecular complexity index is 455. The molecular formula is C14H20ClN3O2. The maximum atomic E-state index is 12.2. The third-order valence-corrected chi connectivity index (χ3v) is 3.39. The Labute approximate surface area is 124 Å². The molecule has 1 aliphatic heterocycles. The fourth-order valence-electron chi connectivity index (χ4n) is 2.28. The van der Waals surface area contributed by atoms with Crippen LogP contribution in [0.2, 0.25) is 5.15 Å². The number of aromatic nitrogens is 1. The number of halogens is 1. The van der Waals surface area contributed by atoms with Crippen molar-refractivity contribution >= 4 is 17.5 Å². The average molecular weight is 298 g/mol. The molecule has 0 aromatic carbocycles. The Morgan fingerprint density at radius 1 is 1.50 bits per heavy atom. The van der Waals surface area contributed by atoms with Crippen LogP contribution in [0, 0.1) is 6.92 Å². The molecule has 1 aromatic rings. The molecule has 20 heavy (non-hydrogen) atoms. The van der Waals surface area contributed by atoms with Crippen LogP contribution in [0.15, 0.2) is 12.1 Å². The molecule has 0 saturated carbocycles. The molecule has 0 radical (unpaired) electrons. The van der Waals surface area contributed by atoms with Gasteiger partial charge in [-0.15, -0.1) is 0 Å². The van der Waals surface area contributed by atoms with Crippen molar-refractivity contribution in [3.8, 4) is 0 Å². The van der Waals surface area contributed by atoms with Crippen molar-refractivity contribution in [3.63, 3.8) is 0 Å². The Kier molecular flexibility index (Phi) is 5.34. The Balaban J connectivity index is 1.89. The van der Waals surface area contributed by atoms with E-state index in [0.29, 0.717) is 10.7 Å². The lowest BCUT2D eigenvalue weighted by molar-refractivity contribution is 0.0342. The molecule has 1 aromatic heterocycles. The van der Waals surface area contributed by atoms with Gasteiger partial charge in [-0.2, -0.15) is 0 Å². The molecule has 0 bridgehead atoms. The zero-order chi connectivity index (χ0) is 14.5. The average Bonchev–Trinajstić information content (AvgIpc) is 2.38. The third kappa shape index (κ3) is 4.44. The van der Waals surface area contributed by atoms with Crippen LogP contribution in [-0.2, 0) is 4.74 Å². The number of morpholine rings is 1. The molecule has 110 valence electrons. The number of aryl methyl sites for hydroxylation is 1. The molecule has 1 aliphatic rings. The first-order valence-corrected chi connectivity index (χ1v) is 7.17. The molecule has 1 N–H and O–H groups in total. The predicted octanol–water partition coefficient (Wildman–Crippen LogP) is 1.49. The lowest BCUT2D eigenvalue weighted by Gasteiger charge is -2.29. The van der Waals surface area contributed by atoms with Gasteiger partial charge in [0.05, 0.1) is 13.2 Å². The molecule has 0 spiro atoms. The highest BCUT2D eigenvalue weighted by Crippen LogP contribution is 2.10. The van der Waals surface area contributed by atoms with Crippen LogP contribution in [0.4, 0.5) is 0 Å². The summed E-state index contributed by atoms with van der Waals surface area (Å²) < 4.78 is 5.31. The van der Waals surface area contributed by atoms with Gasteiger partial charge >= 0.3 is 0 Å². The van der Waals surface area contributed by atoms with Crippen molar-refractivity contribution in [2.24, 2.45) is 0 Å². The van der Waals surface area contributed by atoms with Crippen LogP contribution in [0.5, 0.6) is 0 Å². The molecule has 6 heteroatoms. The van der Waals surface area contributed by atoms with Gasteiger partial charge in [-0.05, 0) is 26.0 Å². The predicted molar refractivity (Wildman–Crippen MR) is 78.2 cm³/mol. The smallest absolute Gasteiger partial charge is 0.251 e. The standard InChI is InChI=1S/C14H20ClN3O2/c1-10-7-12(8-13(15)16-10)14(19)17-11(2)9-18-3-5-20-6-4-18/h7-8,11H,3-6,9H2,1-2H3,(H,17,19). The summed E-state index contributed by atoms with van der Waals surface area (Å²) in [7, 11) is 0. The minimum atomic E-state index is -0.113. The van der Waals surface area contributed by atoms with E-state index in [9.17, 15) is 4.79 Å². The highest BCUT2D eigenvalue weighted by Gasteiger charge is 2.16. The van der Waals surface area contributed by atoms with Crippen molar-refractivity contribution < 1.29 is 9.53 Å². The second-order valence-corrected chi connectivity index (χ2v) is 5.49. The maximum absolute atomic E-state index is 12.2. The molecule has 2 rings (SSSR count). The monoisotopic (exact) mass is 297 g/mol. The quantitative estimate of drug-likeness (QED) is 0.856. The molecule has 5 nitrogen and oxygen atoms in total. The number of hydrogen-bond acceptors (Lipinski definition) is 4. The van der Waals surface area contributed by atoms with E-state index in [2.05, 4.69) is 15.2 Å². The van der Waals surface area contributed by atoms with Crippen LogP contribution in [0.1, 0.15) is 23.0 Å². The van der Waals surface area contributed by atoms with E-state index in [4.69, 9.17) is 16.3 Å². The normalized spacial score (nSPS) is 17.8. The van der Waals surface area contributed by atoms with Gasteiger partial charge < -0.3 is 10.1 Å². The summed E-state index contributed by atoms with van der Waals surface area (Å²) in [6.45, 7) is 8.01. The summed E-state index contributed by atoms with van der Waals surface area (Å²) in [4.78, 5) is 18.5. The minimum absolute atomic E-state index is 0.0767. The van der Waals surface area contributed by atoms with Crippen LogP contribution in [0.25, 0.3) is 0 Å². The molecule has 2 heterocycles. The van der Waals surface area contributed by atoms with E-state index in [1.807, 2.05) is 13.8 Å². The van der Waals surface area contributed by atoms with Crippen molar-refractivity contribution in [1.82, 2.24) is 15.2 Å². The van der Waals surface area contributed by atoms with Gasteiger partial charge in [0.2, 0.25) is 0 Å². The summed E-state index contributed by atoms with van der Waals surface area (Å²) in [6.07, 6.45) is 0. The highest BCUT2D eigenvalue weighted by molar-refractivity contribution is 6.29. The Morgan fingerprint density at radius 2 is 2.20 bits per heavy atom. The van der Waals surface area contributed by atoms with Gasteiger partial charge in [-0.3, -0.25) is 9.69 Å². The maximum Gasteiger partial charge on any atom is 0.251 e. The largest absolute Gasteiger partial charge is 0.379 e. The lowest BCUT2D eigenvalue weighted by Crippen LogP contribution is -2.46. The number of hydrogen-bond donors (Lipinski definition) is 1. The number of amides is 1. The second-order valence-electron chi connectivity index (χ2n) is 5.11. The van der Waals surface area contributed by atoms with Crippen molar-refractivity contribution in [2.45, 2.75) is 19.9 Å². The summed E-state index contributed by atoms with van der Waals surface area (Å²) in [5.41, 5.74) is 1.29. The first-order valence-electron chi connectivity index (χ1n) is 6.80. The topological polar surface area (TPSA) is 54.5 Å². The molecular weight excluding hydrogens is 278 g/mol. The molecule has 1 atom stereocenters. The van der Waals surface area contributed by atoms with E-state index in [-0.39, 0.29) is 11.9 Å². The fourth-order valence-corrected chi connectivity index (χ4v) is 2.53. The van der Waals surface area contributed by atoms with E-state index in [1.54, 1.807) is 12.1 Å². The fraction of sp³-hybridized carbons (Fsp3) is 0.571. The van der Waals surface area contributed by atoms with Crippen LogP contribution >= 0.6 is 11.6 Å². The van der Waals surface area contributed by atoms with Gasteiger partial charge in [-0.1, -0.05) is 11.6 Å². The van der Waals surface area contributed by atoms with Crippen LogP contribution in [-0.4, -0.2) is 54.7 Å². The van der Waals surface area contributed by atoms with Gasteiger partial charge in [0.1, 0.15) is 5.15 Å². The molecule has 1 fully saturated rings. The number of nitrogens with zero attached hydrogens (tertiary/aromatic N) is 2.